The van der Waals surface area contributed by atoms with Crippen molar-refractivity contribution >= 4 is 23.5 Å². The fourth-order valence-electron chi connectivity index (χ4n) is 2.58. The molecule has 0 spiro atoms. The first-order chi connectivity index (χ1) is 13.8. The minimum atomic E-state index is -0.753. The quantitative estimate of drug-likeness (QED) is 0.633. The number of hydrogen-bond donors (Lipinski definition) is 2. The standard InChI is InChI=1S/C21H22N4O3S/c1-21(2,3)16-11-9-14(10-12-16)13-28-20(27)24-23-19(26)18-17(22-25-29-18)15-7-5-4-6-8-15/h4-12H,13H2,1-3H3,(H,23,26)(H,24,27). The number of nitrogens with one attached hydrogen (secondary N) is 2. The molecule has 3 aromatic rings. The maximum Gasteiger partial charge on any atom is 0.426 e. The molecular weight excluding hydrogens is 388 g/mol. The average Bonchev–Trinajstić information content (AvgIpc) is 3.21. The molecular formula is C21H22N4O3S. The Balaban J connectivity index is 1.51. The predicted octanol–water partition coefficient (Wildman–Crippen LogP) is 4.07. The van der Waals surface area contributed by atoms with Crippen molar-refractivity contribution in [2.24, 2.45) is 0 Å². The Kier molecular flexibility index (Phi) is 6.23. The van der Waals surface area contributed by atoms with Gasteiger partial charge in [0.15, 0.2) is 0 Å². The second kappa shape index (κ2) is 8.83. The van der Waals surface area contributed by atoms with E-state index in [9.17, 15) is 9.59 Å². The molecule has 0 radical (unpaired) electrons. The first kappa shape index (κ1) is 20.5. The van der Waals surface area contributed by atoms with E-state index >= 15 is 0 Å². The van der Waals surface area contributed by atoms with Crippen molar-refractivity contribution in [2.75, 3.05) is 0 Å². The minimum absolute atomic E-state index is 0.0607. The van der Waals surface area contributed by atoms with Crippen molar-refractivity contribution in [3.8, 4) is 11.3 Å². The van der Waals surface area contributed by atoms with E-state index in [1.807, 2.05) is 54.6 Å². The number of amides is 2. The van der Waals surface area contributed by atoms with Gasteiger partial charge in [-0.15, -0.1) is 5.10 Å². The zero-order valence-electron chi connectivity index (χ0n) is 16.4. The molecule has 1 aromatic heterocycles. The van der Waals surface area contributed by atoms with Crippen molar-refractivity contribution in [1.29, 1.82) is 0 Å². The molecule has 2 N–H and O–H groups in total. The molecule has 0 aliphatic heterocycles. The first-order valence-corrected chi connectivity index (χ1v) is 9.82. The highest BCUT2D eigenvalue weighted by molar-refractivity contribution is 7.08. The number of nitrogens with zero attached hydrogens (tertiary/aromatic N) is 2. The zero-order valence-corrected chi connectivity index (χ0v) is 17.2. The maximum atomic E-state index is 12.4. The van der Waals surface area contributed by atoms with Crippen LogP contribution in [0, 0.1) is 0 Å². The number of carbonyl (C=O) groups is 2. The molecule has 0 unspecified atom stereocenters. The Hall–Kier alpha value is -3.26. The Morgan fingerprint density at radius 3 is 2.34 bits per heavy atom. The summed E-state index contributed by atoms with van der Waals surface area (Å²) in [5, 5.41) is 4.00. The van der Waals surface area contributed by atoms with Crippen LogP contribution in [0.25, 0.3) is 11.3 Å². The summed E-state index contributed by atoms with van der Waals surface area (Å²) in [6.07, 6.45) is -0.753. The normalized spacial score (nSPS) is 11.0. The molecule has 0 aliphatic rings. The molecule has 0 atom stereocenters. The van der Waals surface area contributed by atoms with E-state index in [0.29, 0.717) is 10.6 Å². The Morgan fingerprint density at radius 2 is 1.69 bits per heavy atom. The summed E-state index contributed by atoms with van der Waals surface area (Å²) in [7, 11) is 0. The van der Waals surface area contributed by atoms with Crippen molar-refractivity contribution < 1.29 is 14.3 Å². The molecule has 0 bridgehead atoms. The van der Waals surface area contributed by atoms with Crippen LogP contribution >= 0.6 is 11.5 Å². The largest absolute Gasteiger partial charge is 0.443 e. The van der Waals surface area contributed by atoms with Crippen molar-refractivity contribution in [3.63, 3.8) is 0 Å². The van der Waals surface area contributed by atoms with E-state index in [1.165, 1.54) is 5.56 Å². The van der Waals surface area contributed by atoms with Crippen molar-refractivity contribution in [1.82, 2.24) is 20.4 Å². The lowest BCUT2D eigenvalue weighted by molar-refractivity contribution is 0.0909. The predicted molar refractivity (Wildman–Crippen MR) is 111 cm³/mol. The van der Waals surface area contributed by atoms with Gasteiger partial charge in [-0.2, -0.15) is 0 Å². The highest BCUT2D eigenvalue weighted by atomic mass is 32.1. The monoisotopic (exact) mass is 410 g/mol. The summed E-state index contributed by atoms with van der Waals surface area (Å²) in [6.45, 7) is 6.51. The Morgan fingerprint density at radius 1 is 1.00 bits per heavy atom. The molecule has 0 fully saturated rings. The lowest BCUT2D eigenvalue weighted by atomic mass is 9.87. The van der Waals surface area contributed by atoms with Gasteiger partial charge in [0.2, 0.25) is 0 Å². The molecule has 8 heteroatoms. The average molecular weight is 410 g/mol. The van der Waals surface area contributed by atoms with Gasteiger partial charge in [-0.1, -0.05) is 79.9 Å². The number of carbonyl (C=O) groups excluding carboxylic acids is 2. The SMILES string of the molecule is CC(C)(C)c1ccc(COC(=O)NNC(=O)c2snnc2-c2ccccc2)cc1. The fourth-order valence-corrected chi connectivity index (χ4v) is 3.16. The summed E-state index contributed by atoms with van der Waals surface area (Å²) in [5.74, 6) is -0.509. The van der Waals surface area contributed by atoms with Crippen LogP contribution in [0.5, 0.6) is 0 Å². The second-order valence-electron chi connectivity index (χ2n) is 7.42. The molecule has 2 amide bonds. The minimum Gasteiger partial charge on any atom is -0.443 e. The molecule has 29 heavy (non-hydrogen) atoms. The molecule has 0 saturated heterocycles. The van der Waals surface area contributed by atoms with Gasteiger partial charge in [0.25, 0.3) is 5.91 Å². The molecule has 0 saturated carbocycles. The second-order valence-corrected chi connectivity index (χ2v) is 8.17. The molecule has 150 valence electrons. The number of hydrogen-bond acceptors (Lipinski definition) is 6. The molecule has 3 rings (SSSR count). The third-order valence-electron chi connectivity index (χ3n) is 4.21. The Bertz CT molecular complexity index is 979. The van der Waals surface area contributed by atoms with E-state index < -0.39 is 12.0 Å². The summed E-state index contributed by atoms with van der Waals surface area (Å²) in [4.78, 5) is 24.6. The van der Waals surface area contributed by atoms with E-state index in [1.54, 1.807) is 0 Å². The van der Waals surface area contributed by atoms with Gasteiger partial charge in [-0.3, -0.25) is 10.2 Å². The topological polar surface area (TPSA) is 93.2 Å². The Labute approximate surface area is 173 Å². The van der Waals surface area contributed by atoms with Crippen LogP contribution in [0.15, 0.2) is 54.6 Å². The summed E-state index contributed by atoms with van der Waals surface area (Å²) >= 11 is 0.952. The number of benzene rings is 2. The van der Waals surface area contributed by atoms with Crippen LogP contribution in [0.3, 0.4) is 0 Å². The van der Waals surface area contributed by atoms with Gasteiger partial charge in [-0.25, -0.2) is 10.2 Å². The van der Waals surface area contributed by atoms with E-state index in [0.717, 1.165) is 22.7 Å². The number of aromatic nitrogens is 2. The lowest BCUT2D eigenvalue weighted by Gasteiger charge is -2.19. The van der Waals surface area contributed by atoms with Gasteiger partial charge in [0.05, 0.1) is 0 Å². The maximum absolute atomic E-state index is 12.4. The van der Waals surface area contributed by atoms with Crippen LogP contribution in [0.2, 0.25) is 0 Å². The van der Waals surface area contributed by atoms with Crippen molar-refractivity contribution in [3.05, 3.63) is 70.6 Å². The van der Waals surface area contributed by atoms with Gasteiger partial charge < -0.3 is 4.74 Å². The zero-order chi connectivity index (χ0) is 20.9. The van der Waals surface area contributed by atoms with E-state index in [2.05, 4.69) is 41.2 Å². The summed E-state index contributed by atoms with van der Waals surface area (Å²) < 4.78 is 8.98. The third-order valence-corrected chi connectivity index (χ3v) is 4.93. The number of rotatable bonds is 4. The van der Waals surface area contributed by atoms with Crippen LogP contribution in [0.1, 0.15) is 41.6 Å². The molecule has 1 heterocycles. The molecule has 2 aromatic carbocycles. The number of ether oxygens (including phenoxy) is 1. The highest BCUT2D eigenvalue weighted by Crippen LogP contribution is 2.23. The van der Waals surface area contributed by atoms with E-state index in [4.69, 9.17) is 4.74 Å². The van der Waals surface area contributed by atoms with Crippen LogP contribution in [-0.2, 0) is 16.8 Å². The van der Waals surface area contributed by atoms with Gasteiger partial charge in [0, 0.05) is 5.56 Å². The molecule has 0 aliphatic carbocycles. The van der Waals surface area contributed by atoms with Crippen molar-refractivity contribution in [2.45, 2.75) is 32.8 Å². The first-order valence-electron chi connectivity index (χ1n) is 9.05. The fraction of sp³-hybridized carbons (Fsp3) is 0.238. The molecule has 7 nitrogen and oxygen atoms in total. The number of hydrazine groups is 1. The third kappa shape index (κ3) is 5.39. The van der Waals surface area contributed by atoms with Gasteiger partial charge in [-0.05, 0) is 28.1 Å². The highest BCUT2D eigenvalue weighted by Gasteiger charge is 2.18. The summed E-state index contributed by atoms with van der Waals surface area (Å²) in [5.41, 5.74) is 7.92. The smallest absolute Gasteiger partial charge is 0.426 e. The van der Waals surface area contributed by atoms with Gasteiger partial charge in [0.1, 0.15) is 17.2 Å². The van der Waals surface area contributed by atoms with Crippen LogP contribution in [0.4, 0.5) is 4.79 Å². The van der Waals surface area contributed by atoms with Gasteiger partial charge >= 0.3 is 6.09 Å². The summed E-state index contributed by atoms with van der Waals surface area (Å²) in [6, 6.07) is 17.1. The van der Waals surface area contributed by atoms with Crippen LogP contribution in [-0.4, -0.2) is 21.6 Å². The van der Waals surface area contributed by atoms with Crippen LogP contribution < -0.4 is 10.9 Å². The van der Waals surface area contributed by atoms with E-state index in [-0.39, 0.29) is 12.0 Å². The lowest BCUT2D eigenvalue weighted by Crippen LogP contribution is -2.41.